The van der Waals surface area contributed by atoms with Crippen molar-refractivity contribution >= 4 is 45.0 Å². The number of rotatable bonds is 4. The van der Waals surface area contributed by atoms with E-state index in [1.54, 1.807) is 19.9 Å². The zero-order valence-electron chi connectivity index (χ0n) is 17.8. The molecule has 33 heavy (non-hydrogen) atoms. The van der Waals surface area contributed by atoms with E-state index in [9.17, 15) is 9.59 Å². The molecule has 0 fully saturated rings. The molecule has 2 aliphatic heterocycles. The van der Waals surface area contributed by atoms with Gasteiger partial charge in [0.25, 0.3) is 5.56 Å². The third kappa shape index (κ3) is 3.91. The lowest BCUT2D eigenvalue weighted by atomic mass is 9.96. The minimum atomic E-state index is -0.629. The van der Waals surface area contributed by atoms with Gasteiger partial charge in [0.15, 0.2) is 16.3 Å². The van der Waals surface area contributed by atoms with E-state index in [1.807, 2.05) is 42.5 Å². The zero-order chi connectivity index (χ0) is 23.1. The highest BCUT2D eigenvalue weighted by atomic mass is 79.9. The molecule has 3 aromatic rings. The molecule has 2 aliphatic rings. The molecule has 1 aromatic heterocycles. The van der Waals surface area contributed by atoms with E-state index in [0.717, 1.165) is 15.6 Å². The van der Waals surface area contributed by atoms with Gasteiger partial charge in [-0.25, -0.2) is 9.79 Å². The second-order valence-corrected chi connectivity index (χ2v) is 9.38. The number of halogens is 1. The Kier molecular flexibility index (Phi) is 5.67. The van der Waals surface area contributed by atoms with E-state index in [0.29, 0.717) is 32.1 Å². The SMILES string of the molecule is CCOC(=O)C1=C(C)n2c(s/c(=C\c3cccc(Br)c3)c2=O)=N[C@@H]1c1ccc2c(c1)OCO2. The predicted octanol–water partition coefficient (Wildman–Crippen LogP) is 3.40. The minimum Gasteiger partial charge on any atom is -0.463 e. The van der Waals surface area contributed by atoms with Gasteiger partial charge in [0.1, 0.15) is 6.04 Å². The molecule has 0 radical (unpaired) electrons. The fourth-order valence-electron chi connectivity index (χ4n) is 3.89. The minimum absolute atomic E-state index is 0.152. The first-order valence-corrected chi connectivity index (χ1v) is 11.9. The number of carbonyl (C=O) groups excluding carboxylic acids is 1. The number of fused-ring (bicyclic) bond motifs is 2. The molecule has 0 saturated carbocycles. The number of allylic oxidation sites excluding steroid dienone is 1. The molecule has 0 bridgehead atoms. The van der Waals surface area contributed by atoms with Crippen LogP contribution in [0, 0.1) is 0 Å². The van der Waals surface area contributed by atoms with Crippen molar-refractivity contribution in [2.75, 3.05) is 13.4 Å². The largest absolute Gasteiger partial charge is 0.463 e. The number of esters is 1. The molecule has 5 rings (SSSR count). The first-order valence-electron chi connectivity index (χ1n) is 10.3. The highest BCUT2D eigenvalue weighted by Crippen LogP contribution is 2.38. The fraction of sp³-hybridized carbons (Fsp3) is 0.208. The summed E-state index contributed by atoms with van der Waals surface area (Å²) in [6.45, 7) is 3.87. The Morgan fingerprint density at radius 1 is 1.27 bits per heavy atom. The zero-order valence-corrected chi connectivity index (χ0v) is 20.2. The predicted molar refractivity (Wildman–Crippen MR) is 128 cm³/mol. The van der Waals surface area contributed by atoms with Gasteiger partial charge in [0.2, 0.25) is 6.79 Å². The van der Waals surface area contributed by atoms with Gasteiger partial charge in [-0.1, -0.05) is 45.5 Å². The summed E-state index contributed by atoms with van der Waals surface area (Å²) >= 11 is 4.75. The summed E-state index contributed by atoms with van der Waals surface area (Å²) in [5.41, 5.74) is 2.27. The Morgan fingerprint density at radius 3 is 2.88 bits per heavy atom. The Labute approximate surface area is 201 Å². The van der Waals surface area contributed by atoms with Crippen molar-refractivity contribution in [3.05, 3.63) is 83.3 Å². The summed E-state index contributed by atoms with van der Waals surface area (Å²) in [6, 6.07) is 12.5. The molecule has 1 atom stereocenters. The van der Waals surface area contributed by atoms with E-state index in [2.05, 4.69) is 15.9 Å². The molecule has 0 saturated heterocycles. The molecule has 0 unspecified atom stereocenters. The van der Waals surface area contributed by atoms with Crippen LogP contribution in [0.15, 0.2) is 62.3 Å². The lowest BCUT2D eigenvalue weighted by molar-refractivity contribution is -0.138. The second-order valence-electron chi connectivity index (χ2n) is 7.45. The van der Waals surface area contributed by atoms with Crippen LogP contribution in [-0.2, 0) is 9.53 Å². The molecule has 0 aliphatic carbocycles. The van der Waals surface area contributed by atoms with Crippen LogP contribution in [0.25, 0.3) is 11.8 Å². The van der Waals surface area contributed by atoms with Crippen LogP contribution in [0.4, 0.5) is 0 Å². The van der Waals surface area contributed by atoms with Crippen LogP contribution in [0.5, 0.6) is 11.5 Å². The Bertz CT molecular complexity index is 1490. The molecule has 168 valence electrons. The third-order valence-corrected chi connectivity index (χ3v) is 6.87. The standard InChI is InChI=1S/C24H19BrN2O5S/c1-3-30-23(29)20-13(2)27-22(28)19(10-14-5-4-6-16(25)9-14)33-24(27)26-21(20)15-7-8-17-18(11-15)32-12-31-17/h4-11,21H,3,12H2,1-2H3/b19-10-/t21-/m1/s1. The van der Waals surface area contributed by atoms with Gasteiger partial charge in [0, 0.05) is 10.2 Å². The number of ether oxygens (including phenoxy) is 3. The lowest BCUT2D eigenvalue weighted by Gasteiger charge is -2.22. The summed E-state index contributed by atoms with van der Waals surface area (Å²) in [4.78, 5) is 31.6. The number of hydrogen-bond acceptors (Lipinski definition) is 7. The third-order valence-electron chi connectivity index (χ3n) is 5.40. The van der Waals surface area contributed by atoms with E-state index in [4.69, 9.17) is 19.2 Å². The van der Waals surface area contributed by atoms with Crippen LogP contribution in [0.2, 0.25) is 0 Å². The van der Waals surface area contributed by atoms with Crippen LogP contribution in [0.3, 0.4) is 0 Å². The van der Waals surface area contributed by atoms with Crippen LogP contribution >= 0.6 is 27.3 Å². The monoisotopic (exact) mass is 526 g/mol. The summed E-state index contributed by atoms with van der Waals surface area (Å²) in [7, 11) is 0. The van der Waals surface area contributed by atoms with Gasteiger partial charge in [-0.05, 0) is 55.3 Å². The fourth-order valence-corrected chi connectivity index (χ4v) is 5.35. The normalized spacial score (nSPS) is 17.1. The molecular weight excluding hydrogens is 508 g/mol. The maximum absolute atomic E-state index is 13.3. The Morgan fingerprint density at radius 2 is 2.09 bits per heavy atom. The molecular formula is C24H19BrN2O5S. The van der Waals surface area contributed by atoms with Crippen LogP contribution in [0.1, 0.15) is 31.0 Å². The van der Waals surface area contributed by atoms with Gasteiger partial charge in [-0.3, -0.25) is 9.36 Å². The lowest BCUT2D eigenvalue weighted by Crippen LogP contribution is -2.35. The highest BCUT2D eigenvalue weighted by Gasteiger charge is 2.32. The second kappa shape index (κ2) is 8.64. The van der Waals surface area contributed by atoms with Gasteiger partial charge in [-0.15, -0.1) is 0 Å². The number of aromatic nitrogens is 1. The maximum atomic E-state index is 13.3. The molecule has 2 aromatic carbocycles. The number of thiazole rings is 1. The van der Waals surface area contributed by atoms with E-state index in [-0.39, 0.29) is 19.0 Å². The van der Waals surface area contributed by atoms with Gasteiger partial charge in [0.05, 0.1) is 16.7 Å². The van der Waals surface area contributed by atoms with E-state index in [1.165, 1.54) is 15.9 Å². The first kappa shape index (κ1) is 21.7. The van der Waals surface area contributed by atoms with Crippen molar-refractivity contribution in [2.45, 2.75) is 19.9 Å². The number of carbonyl (C=O) groups is 1. The average Bonchev–Trinajstić information content (AvgIpc) is 3.37. The Hall–Kier alpha value is -3.17. The maximum Gasteiger partial charge on any atom is 0.338 e. The molecule has 0 spiro atoms. The van der Waals surface area contributed by atoms with Crippen molar-refractivity contribution in [1.82, 2.24) is 4.57 Å². The smallest absolute Gasteiger partial charge is 0.338 e. The van der Waals surface area contributed by atoms with Crippen molar-refractivity contribution in [1.29, 1.82) is 0 Å². The number of nitrogens with zero attached hydrogens (tertiary/aromatic N) is 2. The Balaban J connectivity index is 1.71. The summed E-state index contributed by atoms with van der Waals surface area (Å²) in [5, 5.41) is 0. The average molecular weight is 527 g/mol. The van der Waals surface area contributed by atoms with Crippen molar-refractivity contribution < 1.29 is 19.0 Å². The summed E-state index contributed by atoms with van der Waals surface area (Å²) in [5.74, 6) is 0.746. The molecule has 0 amide bonds. The number of hydrogen-bond donors (Lipinski definition) is 0. The topological polar surface area (TPSA) is 79.1 Å². The quantitative estimate of drug-likeness (QED) is 0.487. The van der Waals surface area contributed by atoms with Crippen LogP contribution in [-0.4, -0.2) is 23.9 Å². The molecule has 3 heterocycles. The van der Waals surface area contributed by atoms with E-state index < -0.39 is 12.0 Å². The number of benzene rings is 2. The first-order chi connectivity index (χ1) is 16.0. The summed E-state index contributed by atoms with van der Waals surface area (Å²) in [6.07, 6.45) is 1.82. The summed E-state index contributed by atoms with van der Waals surface area (Å²) < 4.78 is 19.2. The van der Waals surface area contributed by atoms with Gasteiger partial charge < -0.3 is 14.2 Å². The molecule has 7 nitrogen and oxygen atoms in total. The molecule has 0 N–H and O–H groups in total. The van der Waals surface area contributed by atoms with Crippen molar-refractivity contribution in [3.63, 3.8) is 0 Å². The van der Waals surface area contributed by atoms with Crippen molar-refractivity contribution in [2.24, 2.45) is 4.99 Å². The van der Waals surface area contributed by atoms with Crippen molar-refractivity contribution in [3.8, 4) is 11.5 Å². The highest BCUT2D eigenvalue weighted by molar-refractivity contribution is 9.10. The van der Waals surface area contributed by atoms with Gasteiger partial charge in [-0.2, -0.15) is 0 Å². The van der Waals surface area contributed by atoms with Gasteiger partial charge >= 0.3 is 5.97 Å². The van der Waals surface area contributed by atoms with E-state index >= 15 is 0 Å². The van der Waals surface area contributed by atoms with Crippen LogP contribution < -0.4 is 24.4 Å². The molecule has 9 heteroatoms.